The van der Waals surface area contributed by atoms with Gasteiger partial charge in [-0.25, -0.2) is 0 Å². The highest BCUT2D eigenvalue weighted by Crippen LogP contribution is 2.33. The zero-order valence-corrected chi connectivity index (χ0v) is 16.3. The van der Waals surface area contributed by atoms with Gasteiger partial charge in [0.2, 0.25) is 0 Å². The van der Waals surface area contributed by atoms with Crippen LogP contribution in [0.2, 0.25) is 0 Å². The first-order chi connectivity index (χ1) is 14.0. The quantitative estimate of drug-likeness (QED) is 0.344. The number of carbonyl (C=O) groups excluding carboxylic acids is 3. The van der Waals surface area contributed by atoms with Crippen molar-refractivity contribution in [3.05, 3.63) is 83.9 Å². The molecule has 0 fully saturated rings. The smallest absolute Gasteiger partial charge is 0.320 e. The average Bonchev–Trinajstić information content (AvgIpc) is 2.78. The van der Waals surface area contributed by atoms with Crippen LogP contribution in [0.4, 0.5) is 0 Å². The monoisotopic (exact) mass is 390 g/mol. The highest BCUT2D eigenvalue weighted by Gasteiger charge is 2.39. The molecule has 0 aliphatic heterocycles. The van der Waals surface area contributed by atoms with E-state index in [1.807, 2.05) is 48.5 Å². The molecule has 0 aliphatic carbocycles. The van der Waals surface area contributed by atoms with E-state index >= 15 is 0 Å². The molecule has 0 saturated heterocycles. The molecule has 1 unspecified atom stereocenters. The number of esters is 2. The van der Waals surface area contributed by atoms with Crippen molar-refractivity contribution in [1.82, 2.24) is 0 Å². The van der Waals surface area contributed by atoms with Crippen LogP contribution in [0.3, 0.4) is 0 Å². The minimum absolute atomic E-state index is 0.0305. The second-order valence-electron chi connectivity index (χ2n) is 6.73. The lowest BCUT2D eigenvalue weighted by Crippen LogP contribution is -2.33. The Morgan fingerprint density at radius 3 is 1.97 bits per heavy atom. The van der Waals surface area contributed by atoms with Gasteiger partial charge in [-0.05, 0) is 16.3 Å². The summed E-state index contributed by atoms with van der Waals surface area (Å²) in [6.07, 6.45) is -0.0305. The molecular weight excluding hydrogens is 368 g/mol. The number of rotatable bonds is 7. The number of benzene rings is 3. The van der Waals surface area contributed by atoms with Crippen molar-refractivity contribution >= 4 is 28.5 Å². The van der Waals surface area contributed by atoms with Crippen LogP contribution in [0, 0.1) is 5.92 Å². The maximum atomic E-state index is 12.9. The molecule has 0 aliphatic rings. The summed E-state index contributed by atoms with van der Waals surface area (Å²) in [5.74, 6) is -3.57. The number of ketones is 1. The summed E-state index contributed by atoms with van der Waals surface area (Å²) < 4.78 is 9.72. The van der Waals surface area contributed by atoms with Gasteiger partial charge in [0.25, 0.3) is 0 Å². The zero-order valence-electron chi connectivity index (χ0n) is 16.3. The van der Waals surface area contributed by atoms with Crippen LogP contribution in [0.1, 0.15) is 28.3 Å². The number of ether oxygens (including phenoxy) is 2. The van der Waals surface area contributed by atoms with Crippen LogP contribution in [0.15, 0.2) is 72.8 Å². The number of Topliss-reactive ketones (excluding diaryl/α,β-unsaturated/α-hetero) is 1. The normalized spacial score (nSPS) is 11.8. The first-order valence-electron chi connectivity index (χ1n) is 9.27. The van der Waals surface area contributed by atoms with Gasteiger partial charge >= 0.3 is 11.9 Å². The van der Waals surface area contributed by atoms with Gasteiger partial charge in [-0.1, -0.05) is 72.8 Å². The maximum absolute atomic E-state index is 12.9. The summed E-state index contributed by atoms with van der Waals surface area (Å²) in [7, 11) is 2.43. The van der Waals surface area contributed by atoms with Crippen molar-refractivity contribution in [2.24, 2.45) is 5.92 Å². The summed E-state index contributed by atoms with van der Waals surface area (Å²) >= 11 is 0. The Morgan fingerprint density at radius 1 is 0.759 bits per heavy atom. The molecule has 0 N–H and O–H groups in total. The zero-order chi connectivity index (χ0) is 20.8. The molecule has 0 saturated carbocycles. The Bertz CT molecular complexity index is 1010. The third-order valence-corrected chi connectivity index (χ3v) is 5.02. The molecular formula is C24H22O5. The van der Waals surface area contributed by atoms with Crippen molar-refractivity contribution in [2.75, 3.05) is 14.2 Å². The van der Waals surface area contributed by atoms with Crippen LogP contribution in [0.5, 0.6) is 0 Å². The molecule has 0 aromatic heterocycles. The second-order valence-corrected chi connectivity index (χ2v) is 6.73. The Hall–Kier alpha value is -3.47. The summed E-state index contributed by atoms with van der Waals surface area (Å²) in [5.41, 5.74) is 1.22. The lowest BCUT2D eigenvalue weighted by Gasteiger charge is -2.24. The molecule has 148 valence electrons. The van der Waals surface area contributed by atoms with E-state index in [1.54, 1.807) is 24.3 Å². The van der Waals surface area contributed by atoms with Gasteiger partial charge in [0.1, 0.15) is 0 Å². The van der Waals surface area contributed by atoms with Gasteiger partial charge < -0.3 is 9.47 Å². The Kier molecular flexibility index (Phi) is 6.39. The fourth-order valence-electron chi connectivity index (χ4n) is 3.49. The van der Waals surface area contributed by atoms with Crippen LogP contribution >= 0.6 is 0 Å². The fraction of sp³-hybridized carbons (Fsp3) is 0.208. The standard InChI is InChI=1S/C24H22O5/c1-28-23(26)22(24(27)29-2)20(15-21(25)17-9-4-3-5-10-17)19-13-12-16-8-6-7-11-18(16)14-19/h3-14,20,22H,15H2,1-2H3. The van der Waals surface area contributed by atoms with Crippen LogP contribution in [0.25, 0.3) is 10.8 Å². The van der Waals surface area contributed by atoms with Crippen molar-refractivity contribution in [3.63, 3.8) is 0 Å². The largest absolute Gasteiger partial charge is 0.468 e. The first-order valence-corrected chi connectivity index (χ1v) is 9.27. The van der Waals surface area contributed by atoms with Crippen LogP contribution in [-0.4, -0.2) is 31.9 Å². The summed E-state index contributed by atoms with van der Waals surface area (Å²) in [4.78, 5) is 37.9. The van der Waals surface area contributed by atoms with Crippen molar-refractivity contribution < 1.29 is 23.9 Å². The van der Waals surface area contributed by atoms with Crippen LogP contribution in [-0.2, 0) is 19.1 Å². The SMILES string of the molecule is COC(=O)C(C(=O)OC)C(CC(=O)c1ccccc1)c1ccc2ccccc2c1. The Labute approximate surface area is 169 Å². The molecule has 29 heavy (non-hydrogen) atoms. The molecule has 5 nitrogen and oxygen atoms in total. The van der Waals surface area contributed by atoms with Gasteiger partial charge in [0.15, 0.2) is 11.7 Å². The van der Waals surface area contributed by atoms with E-state index in [-0.39, 0.29) is 12.2 Å². The van der Waals surface area contributed by atoms with Gasteiger partial charge in [0.05, 0.1) is 14.2 Å². The number of hydrogen-bond acceptors (Lipinski definition) is 5. The molecule has 0 heterocycles. The minimum atomic E-state index is -1.24. The molecule has 1 atom stereocenters. The molecule has 3 rings (SSSR count). The third kappa shape index (κ3) is 4.51. The number of methoxy groups -OCH3 is 2. The third-order valence-electron chi connectivity index (χ3n) is 5.02. The molecule has 3 aromatic rings. The summed E-state index contributed by atoms with van der Waals surface area (Å²) in [5, 5.41) is 1.98. The summed E-state index contributed by atoms with van der Waals surface area (Å²) in [6, 6.07) is 22.2. The van der Waals surface area contributed by atoms with E-state index in [4.69, 9.17) is 9.47 Å². The highest BCUT2D eigenvalue weighted by molar-refractivity contribution is 6.00. The number of carbonyl (C=O) groups is 3. The Morgan fingerprint density at radius 2 is 1.34 bits per heavy atom. The second kappa shape index (κ2) is 9.15. The van der Waals surface area contributed by atoms with Crippen molar-refractivity contribution in [3.8, 4) is 0 Å². The van der Waals surface area contributed by atoms with E-state index in [2.05, 4.69) is 0 Å². The van der Waals surface area contributed by atoms with Crippen molar-refractivity contribution in [1.29, 1.82) is 0 Å². The molecule has 5 heteroatoms. The number of hydrogen-bond donors (Lipinski definition) is 0. The lowest BCUT2D eigenvalue weighted by atomic mass is 9.80. The molecule has 0 radical (unpaired) electrons. The predicted octanol–water partition coefficient (Wildman–Crippen LogP) is 4.16. The fourth-order valence-corrected chi connectivity index (χ4v) is 3.49. The van der Waals surface area contributed by atoms with E-state index in [1.165, 1.54) is 14.2 Å². The van der Waals surface area contributed by atoms with E-state index < -0.39 is 23.8 Å². The molecule has 0 spiro atoms. The molecule has 3 aromatic carbocycles. The highest BCUT2D eigenvalue weighted by atomic mass is 16.5. The number of fused-ring (bicyclic) bond motifs is 1. The van der Waals surface area contributed by atoms with E-state index in [0.29, 0.717) is 11.1 Å². The first kappa shape index (κ1) is 20.3. The van der Waals surface area contributed by atoms with E-state index in [9.17, 15) is 14.4 Å². The minimum Gasteiger partial charge on any atom is -0.468 e. The van der Waals surface area contributed by atoms with Gasteiger partial charge in [-0.15, -0.1) is 0 Å². The van der Waals surface area contributed by atoms with E-state index in [0.717, 1.165) is 10.8 Å². The topological polar surface area (TPSA) is 69.7 Å². The van der Waals surface area contributed by atoms with Crippen molar-refractivity contribution in [2.45, 2.75) is 12.3 Å². The molecule has 0 bridgehead atoms. The maximum Gasteiger partial charge on any atom is 0.320 e. The van der Waals surface area contributed by atoms with Gasteiger partial charge in [-0.2, -0.15) is 0 Å². The van der Waals surface area contributed by atoms with Gasteiger partial charge in [-0.3, -0.25) is 14.4 Å². The van der Waals surface area contributed by atoms with Crippen LogP contribution < -0.4 is 0 Å². The average molecular weight is 390 g/mol. The predicted molar refractivity (Wildman–Crippen MR) is 110 cm³/mol. The summed E-state index contributed by atoms with van der Waals surface area (Å²) in [6.45, 7) is 0. The lowest BCUT2D eigenvalue weighted by molar-refractivity contribution is -0.159. The van der Waals surface area contributed by atoms with Gasteiger partial charge in [0, 0.05) is 17.9 Å². The Balaban J connectivity index is 2.07. The molecule has 0 amide bonds.